The predicted molar refractivity (Wildman–Crippen MR) is 77.2 cm³/mol. The predicted octanol–water partition coefficient (Wildman–Crippen LogP) is 3.76. The van der Waals surface area contributed by atoms with Crippen LogP contribution < -0.4 is 4.90 Å². The van der Waals surface area contributed by atoms with Crippen LogP contribution >= 0.6 is 15.9 Å². The Morgan fingerprint density at radius 1 is 1.10 bits per heavy atom. The van der Waals surface area contributed by atoms with Crippen molar-refractivity contribution in [2.45, 2.75) is 32.9 Å². The second kappa shape index (κ2) is 6.17. The molecule has 2 aromatic heterocycles. The van der Waals surface area contributed by atoms with Gasteiger partial charge in [-0.1, -0.05) is 13.8 Å². The number of H-pyrrole nitrogens is 1. The molecule has 2 aromatic rings. The number of imidazole rings is 1. The monoisotopic (exact) mass is 365 g/mol. The van der Waals surface area contributed by atoms with Crippen molar-refractivity contribution < 1.29 is 13.2 Å². The van der Waals surface area contributed by atoms with Crippen molar-refractivity contribution in [3.8, 4) is 0 Å². The van der Waals surface area contributed by atoms with E-state index in [2.05, 4.69) is 35.9 Å². The molecule has 0 unspecified atom stereocenters. The van der Waals surface area contributed by atoms with Crippen LogP contribution in [0.15, 0.2) is 4.73 Å². The van der Waals surface area contributed by atoms with Crippen LogP contribution in [0, 0.1) is 0 Å². The summed E-state index contributed by atoms with van der Waals surface area (Å²) in [5.41, 5.74) is 0.424. The number of nitrogens with zero attached hydrogens (tertiary/aromatic N) is 4. The van der Waals surface area contributed by atoms with E-state index in [1.807, 2.05) is 18.7 Å². The van der Waals surface area contributed by atoms with Gasteiger partial charge in [0.25, 0.3) is 0 Å². The fourth-order valence-electron chi connectivity index (χ4n) is 2.07. The van der Waals surface area contributed by atoms with Gasteiger partial charge in [0.05, 0.1) is 0 Å². The molecule has 0 radical (unpaired) electrons. The van der Waals surface area contributed by atoms with Crippen LogP contribution in [0.3, 0.4) is 0 Å². The van der Waals surface area contributed by atoms with Gasteiger partial charge in [0.15, 0.2) is 16.2 Å². The lowest BCUT2D eigenvalue weighted by Gasteiger charge is -2.23. The average molecular weight is 366 g/mol. The molecule has 0 fully saturated rings. The van der Waals surface area contributed by atoms with Gasteiger partial charge in [-0.15, -0.1) is 0 Å². The maximum absolute atomic E-state index is 12.9. The molecule has 0 bridgehead atoms. The van der Waals surface area contributed by atoms with Crippen LogP contribution in [0.2, 0.25) is 0 Å². The van der Waals surface area contributed by atoms with Gasteiger partial charge in [-0.25, -0.2) is 15.0 Å². The molecule has 116 valence electrons. The normalized spacial score (nSPS) is 12.1. The Labute approximate surface area is 128 Å². The number of hydrogen-bond donors (Lipinski definition) is 1. The number of nitrogens with one attached hydrogen (secondary N) is 1. The van der Waals surface area contributed by atoms with Gasteiger partial charge in [0, 0.05) is 13.1 Å². The molecule has 0 aliphatic rings. The molecule has 21 heavy (non-hydrogen) atoms. The van der Waals surface area contributed by atoms with Gasteiger partial charge in [-0.2, -0.15) is 13.2 Å². The van der Waals surface area contributed by atoms with Crippen LogP contribution in [0.4, 0.5) is 19.0 Å². The summed E-state index contributed by atoms with van der Waals surface area (Å²) in [5.74, 6) is -0.921. The van der Waals surface area contributed by atoms with E-state index in [1.54, 1.807) is 0 Å². The SMILES string of the molecule is CCCN(CCC)c1nc(C(F)(F)F)nc2nc(Br)[nH]c12. The van der Waals surface area contributed by atoms with E-state index in [9.17, 15) is 13.2 Å². The van der Waals surface area contributed by atoms with Crippen molar-refractivity contribution in [1.82, 2.24) is 19.9 Å². The summed E-state index contributed by atoms with van der Waals surface area (Å²) in [5, 5.41) is 0. The molecule has 0 aromatic carbocycles. The Bertz CT molecular complexity index is 619. The zero-order valence-electron chi connectivity index (χ0n) is 11.6. The van der Waals surface area contributed by atoms with E-state index < -0.39 is 12.0 Å². The summed E-state index contributed by atoms with van der Waals surface area (Å²) in [6.45, 7) is 5.17. The Morgan fingerprint density at radius 3 is 2.24 bits per heavy atom. The smallest absolute Gasteiger partial charge is 0.355 e. The zero-order chi connectivity index (χ0) is 15.6. The molecule has 5 nitrogen and oxygen atoms in total. The number of anilines is 1. The lowest BCUT2D eigenvalue weighted by atomic mass is 10.3. The second-order valence-electron chi connectivity index (χ2n) is 4.58. The molecule has 1 N–H and O–H groups in total. The highest BCUT2D eigenvalue weighted by atomic mass is 79.9. The molecular formula is C12H15BrF3N5. The van der Waals surface area contributed by atoms with Crippen molar-refractivity contribution in [1.29, 1.82) is 0 Å². The van der Waals surface area contributed by atoms with E-state index in [1.165, 1.54) is 0 Å². The van der Waals surface area contributed by atoms with Crippen molar-refractivity contribution in [2.24, 2.45) is 0 Å². The third-order valence-corrected chi connectivity index (χ3v) is 3.22. The van der Waals surface area contributed by atoms with Crippen LogP contribution in [-0.2, 0) is 6.18 Å². The highest BCUT2D eigenvalue weighted by Crippen LogP contribution is 2.31. The number of hydrogen-bond acceptors (Lipinski definition) is 4. The molecule has 2 heterocycles. The standard InChI is InChI=1S/C12H15BrF3N5/c1-3-5-21(6-4-2)9-7-8(19-11(13)17-7)18-10(20-9)12(14,15)16/h3-6H2,1-2H3,(H,17,18,19,20). The first-order valence-electron chi connectivity index (χ1n) is 6.62. The van der Waals surface area contributed by atoms with Crippen molar-refractivity contribution in [2.75, 3.05) is 18.0 Å². The molecule has 2 rings (SSSR count). The molecule has 0 aliphatic carbocycles. The molecule has 0 spiro atoms. The first kappa shape index (κ1) is 16.0. The number of aromatic amines is 1. The summed E-state index contributed by atoms with van der Waals surface area (Å²) in [7, 11) is 0. The van der Waals surface area contributed by atoms with E-state index >= 15 is 0 Å². The summed E-state index contributed by atoms with van der Waals surface area (Å²) >= 11 is 3.13. The third kappa shape index (κ3) is 3.45. The van der Waals surface area contributed by atoms with E-state index in [0.717, 1.165) is 12.8 Å². The Morgan fingerprint density at radius 2 is 1.71 bits per heavy atom. The van der Waals surface area contributed by atoms with Gasteiger partial charge in [-0.3, -0.25) is 0 Å². The molecule has 0 aliphatic heterocycles. The quantitative estimate of drug-likeness (QED) is 0.819. The van der Waals surface area contributed by atoms with Crippen LogP contribution in [0.25, 0.3) is 11.2 Å². The number of halogens is 4. The highest BCUT2D eigenvalue weighted by molar-refractivity contribution is 9.10. The summed E-state index contributed by atoms with van der Waals surface area (Å²) in [6, 6.07) is 0. The zero-order valence-corrected chi connectivity index (χ0v) is 13.2. The first-order chi connectivity index (χ1) is 9.86. The van der Waals surface area contributed by atoms with Crippen molar-refractivity contribution >= 4 is 32.9 Å². The number of aromatic nitrogens is 4. The second-order valence-corrected chi connectivity index (χ2v) is 5.33. The van der Waals surface area contributed by atoms with Crippen LogP contribution in [-0.4, -0.2) is 33.0 Å². The number of alkyl halides is 3. The Balaban J connectivity index is 2.62. The lowest BCUT2D eigenvalue weighted by Crippen LogP contribution is -2.27. The lowest BCUT2D eigenvalue weighted by molar-refractivity contribution is -0.144. The minimum Gasteiger partial charge on any atom is -0.355 e. The number of rotatable bonds is 5. The van der Waals surface area contributed by atoms with Crippen LogP contribution in [0.5, 0.6) is 0 Å². The highest BCUT2D eigenvalue weighted by Gasteiger charge is 2.36. The Kier molecular flexibility index (Phi) is 4.70. The van der Waals surface area contributed by atoms with Crippen molar-refractivity contribution in [3.05, 3.63) is 10.6 Å². The van der Waals surface area contributed by atoms with Crippen molar-refractivity contribution in [3.63, 3.8) is 0 Å². The minimum atomic E-state index is -4.60. The van der Waals surface area contributed by atoms with E-state index in [0.29, 0.717) is 23.3 Å². The molecule has 0 saturated carbocycles. The topological polar surface area (TPSA) is 57.7 Å². The molecular weight excluding hydrogens is 351 g/mol. The van der Waals surface area contributed by atoms with Crippen LogP contribution in [0.1, 0.15) is 32.5 Å². The summed E-state index contributed by atoms with van der Waals surface area (Å²) < 4.78 is 39.2. The molecule has 0 saturated heterocycles. The maximum Gasteiger partial charge on any atom is 0.451 e. The fraction of sp³-hybridized carbons (Fsp3) is 0.583. The average Bonchev–Trinajstić information content (AvgIpc) is 2.76. The maximum atomic E-state index is 12.9. The van der Waals surface area contributed by atoms with Gasteiger partial charge in [0.2, 0.25) is 5.82 Å². The molecule has 0 atom stereocenters. The first-order valence-corrected chi connectivity index (χ1v) is 7.41. The molecule has 9 heteroatoms. The van der Waals surface area contributed by atoms with Gasteiger partial charge >= 0.3 is 6.18 Å². The Hall–Kier alpha value is -1.38. The van der Waals surface area contributed by atoms with E-state index in [-0.39, 0.29) is 11.5 Å². The van der Waals surface area contributed by atoms with Gasteiger partial charge < -0.3 is 9.88 Å². The third-order valence-electron chi connectivity index (χ3n) is 2.84. The summed E-state index contributed by atoms with van der Waals surface area (Å²) in [4.78, 5) is 15.8. The summed E-state index contributed by atoms with van der Waals surface area (Å²) in [6.07, 6.45) is -2.98. The minimum absolute atomic E-state index is 0.0106. The largest absolute Gasteiger partial charge is 0.451 e. The number of fused-ring (bicyclic) bond motifs is 1. The fourth-order valence-corrected chi connectivity index (χ4v) is 2.44. The van der Waals surface area contributed by atoms with Gasteiger partial charge in [0.1, 0.15) is 5.52 Å². The van der Waals surface area contributed by atoms with Gasteiger partial charge in [-0.05, 0) is 28.8 Å². The molecule has 0 amide bonds. The van der Waals surface area contributed by atoms with E-state index in [4.69, 9.17) is 0 Å².